The van der Waals surface area contributed by atoms with Gasteiger partial charge in [0.15, 0.2) is 23.2 Å². The van der Waals surface area contributed by atoms with E-state index in [9.17, 15) is 22.8 Å². The van der Waals surface area contributed by atoms with Crippen LogP contribution in [0.5, 0.6) is 0 Å². The Balaban J connectivity index is 1.42. The zero-order valence-corrected chi connectivity index (χ0v) is 19.3. The zero-order chi connectivity index (χ0) is 26.1. The summed E-state index contributed by atoms with van der Waals surface area (Å²) in [6, 6.07) is 8.78. The molecule has 12 heteroatoms. The molecule has 0 aliphatic heterocycles. The highest BCUT2D eigenvalue weighted by atomic mass is 35.5. The van der Waals surface area contributed by atoms with E-state index in [0.717, 1.165) is 18.2 Å². The van der Waals surface area contributed by atoms with E-state index >= 15 is 0 Å². The second kappa shape index (κ2) is 9.70. The van der Waals surface area contributed by atoms with Gasteiger partial charge in [-0.25, -0.2) is 27.9 Å². The number of imidazole rings is 1. The highest BCUT2D eigenvalue weighted by Crippen LogP contribution is 2.24. The van der Waals surface area contributed by atoms with E-state index in [4.69, 9.17) is 11.6 Å². The first-order chi connectivity index (χ1) is 17.8. The molecule has 0 spiro atoms. The minimum Gasteiger partial charge on any atom is -0.308 e. The van der Waals surface area contributed by atoms with Crippen molar-refractivity contribution in [1.82, 2.24) is 19.5 Å². The van der Waals surface area contributed by atoms with Gasteiger partial charge in [0.05, 0.1) is 27.8 Å². The molecule has 0 saturated heterocycles. The molecule has 5 rings (SSSR count). The van der Waals surface area contributed by atoms with Gasteiger partial charge in [-0.3, -0.25) is 14.3 Å². The van der Waals surface area contributed by atoms with Crippen molar-refractivity contribution in [2.24, 2.45) is 0 Å². The lowest BCUT2D eigenvalue weighted by molar-refractivity contribution is 0.103. The van der Waals surface area contributed by atoms with E-state index in [1.807, 2.05) is 0 Å². The number of urea groups is 1. The Kier molecular flexibility index (Phi) is 6.28. The Labute approximate surface area is 211 Å². The number of benzene rings is 3. The molecule has 0 fully saturated rings. The molecule has 5 aromatic rings. The maximum atomic E-state index is 14.6. The lowest BCUT2D eigenvalue weighted by atomic mass is 10.0. The van der Waals surface area contributed by atoms with Crippen molar-refractivity contribution in [3.05, 3.63) is 107 Å². The average Bonchev–Trinajstić information content (AvgIpc) is 3.42. The predicted molar refractivity (Wildman–Crippen MR) is 131 cm³/mol. The minimum absolute atomic E-state index is 0.0288. The molecule has 3 aromatic carbocycles. The summed E-state index contributed by atoms with van der Waals surface area (Å²) in [6.07, 6.45) is 6.29. The topological polar surface area (TPSA) is 102 Å². The molecule has 0 atom stereocenters. The molecule has 2 amide bonds. The number of nitrogens with one attached hydrogen (secondary N) is 2. The Bertz CT molecular complexity index is 1680. The van der Waals surface area contributed by atoms with Crippen LogP contribution in [0.25, 0.3) is 16.9 Å². The van der Waals surface area contributed by atoms with Gasteiger partial charge in [-0.1, -0.05) is 11.6 Å². The molecule has 2 N–H and O–H groups in total. The average molecular weight is 523 g/mol. The number of carbonyl (C=O) groups excluding carboxylic acids is 2. The van der Waals surface area contributed by atoms with Crippen molar-refractivity contribution in [2.45, 2.75) is 0 Å². The summed E-state index contributed by atoms with van der Waals surface area (Å²) >= 11 is 5.62. The number of ketones is 1. The first-order valence-corrected chi connectivity index (χ1v) is 11.0. The smallest absolute Gasteiger partial charge is 0.308 e. The number of carbonyl (C=O) groups is 2. The van der Waals surface area contributed by atoms with E-state index in [-0.39, 0.29) is 22.0 Å². The molecule has 0 aliphatic rings. The number of fused-ring (bicyclic) bond motifs is 1. The molecule has 0 radical (unpaired) electrons. The predicted octanol–water partition coefficient (Wildman–Crippen LogP) is 5.76. The van der Waals surface area contributed by atoms with Crippen LogP contribution in [0.3, 0.4) is 0 Å². The van der Waals surface area contributed by atoms with Gasteiger partial charge in [0.2, 0.25) is 0 Å². The number of hydrogen-bond donors (Lipinski definition) is 2. The number of anilines is 2. The summed E-state index contributed by atoms with van der Waals surface area (Å²) in [7, 11) is 0. The monoisotopic (exact) mass is 522 g/mol. The molecule has 8 nitrogen and oxygen atoms in total. The van der Waals surface area contributed by atoms with Gasteiger partial charge in [0, 0.05) is 35.4 Å². The van der Waals surface area contributed by atoms with Crippen LogP contribution < -0.4 is 10.6 Å². The fourth-order valence-electron chi connectivity index (χ4n) is 3.51. The third-order valence-corrected chi connectivity index (χ3v) is 5.58. The van der Waals surface area contributed by atoms with Gasteiger partial charge in [0.25, 0.3) is 0 Å². The van der Waals surface area contributed by atoms with Crippen molar-refractivity contribution in [2.75, 3.05) is 10.6 Å². The molecule has 0 unspecified atom stereocenters. The van der Waals surface area contributed by atoms with Gasteiger partial charge in [-0.05, 0) is 42.5 Å². The largest absolute Gasteiger partial charge is 0.323 e. The van der Waals surface area contributed by atoms with Crippen molar-refractivity contribution < 1.29 is 22.8 Å². The van der Waals surface area contributed by atoms with E-state index in [0.29, 0.717) is 16.9 Å². The second-order valence-corrected chi connectivity index (χ2v) is 8.17. The van der Waals surface area contributed by atoms with E-state index in [2.05, 4.69) is 25.6 Å². The summed E-state index contributed by atoms with van der Waals surface area (Å²) in [5.74, 6) is -3.87. The van der Waals surface area contributed by atoms with Crippen LogP contribution in [0, 0.1) is 17.5 Å². The molecule has 2 aromatic heterocycles. The number of rotatable bonds is 5. The molecule has 2 heterocycles. The number of hydrogen-bond acceptors (Lipinski definition) is 5. The second-order valence-electron chi connectivity index (χ2n) is 7.76. The van der Waals surface area contributed by atoms with Crippen LogP contribution in [0.1, 0.15) is 15.9 Å². The molecule has 0 aliphatic carbocycles. The normalized spacial score (nSPS) is 10.9. The highest BCUT2D eigenvalue weighted by molar-refractivity contribution is 6.30. The Hall–Kier alpha value is -4.77. The minimum atomic E-state index is -1.38. The highest BCUT2D eigenvalue weighted by Gasteiger charge is 2.20. The van der Waals surface area contributed by atoms with Gasteiger partial charge in [0.1, 0.15) is 12.1 Å². The maximum Gasteiger partial charge on any atom is 0.323 e. The van der Waals surface area contributed by atoms with Crippen molar-refractivity contribution in [3.63, 3.8) is 0 Å². The molecular formula is C25H14ClF3N6O2. The van der Waals surface area contributed by atoms with Crippen LogP contribution in [0.15, 0.2) is 73.4 Å². The molecule has 37 heavy (non-hydrogen) atoms. The standard InChI is InChI=1S/C25H14ClF3N6O2/c26-17-3-2-14(9-18(17)27)32-25(37)33-15-8-16(23(29)19(28)10-15)24(36)13-1-4-20-21(7-13)34-22(11-31-20)35-6-5-30-12-35/h1-12H,(H2,32,33,37). The van der Waals surface area contributed by atoms with Crippen LogP contribution in [-0.2, 0) is 0 Å². The summed E-state index contributed by atoms with van der Waals surface area (Å²) in [4.78, 5) is 38.1. The molecule has 0 bridgehead atoms. The molecular weight excluding hydrogens is 509 g/mol. The van der Waals surface area contributed by atoms with Gasteiger partial charge >= 0.3 is 6.03 Å². The van der Waals surface area contributed by atoms with E-state index in [1.165, 1.54) is 42.9 Å². The summed E-state index contributed by atoms with van der Waals surface area (Å²) in [6.45, 7) is 0. The number of halogens is 4. The fraction of sp³-hybridized carbons (Fsp3) is 0. The number of aromatic nitrogens is 4. The van der Waals surface area contributed by atoms with Crippen LogP contribution in [-0.4, -0.2) is 31.3 Å². The molecule has 0 saturated carbocycles. The SMILES string of the molecule is O=C(Nc1ccc(Cl)c(F)c1)Nc1cc(F)c(F)c(C(=O)c2ccc3ncc(-n4ccnc4)nc3c2)c1. The van der Waals surface area contributed by atoms with E-state index < -0.39 is 34.8 Å². The number of nitrogens with zero attached hydrogens (tertiary/aromatic N) is 4. The van der Waals surface area contributed by atoms with Crippen molar-refractivity contribution in [1.29, 1.82) is 0 Å². The Morgan fingerprint density at radius 1 is 0.892 bits per heavy atom. The Morgan fingerprint density at radius 2 is 1.68 bits per heavy atom. The number of amides is 2. The first-order valence-electron chi connectivity index (χ1n) is 10.6. The fourth-order valence-corrected chi connectivity index (χ4v) is 3.63. The van der Waals surface area contributed by atoms with E-state index in [1.54, 1.807) is 17.0 Å². The van der Waals surface area contributed by atoms with Crippen LogP contribution in [0.2, 0.25) is 5.02 Å². The summed E-state index contributed by atoms with van der Waals surface area (Å²) in [5.41, 5.74) is 0.134. The van der Waals surface area contributed by atoms with Gasteiger partial charge < -0.3 is 10.6 Å². The summed E-state index contributed by atoms with van der Waals surface area (Å²) < 4.78 is 44.2. The molecule has 184 valence electrons. The lowest BCUT2D eigenvalue weighted by Crippen LogP contribution is -2.20. The third-order valence-electron chi connectivity index (χ3n) is 5.27. The maximum absolute atomic E-state index is 14.6. The summed E-state index contributed by atoms with van der Waals surface area (Å²) in [5, 5.41) is 4.50. The van der Waals surface area contributed by atoms with Crippen molar-refractivity contribution >= 4 is 45.8 Å². The van der Waals surface area contributed by atoms with Crippen molar-refractivity contribution in [3.8, 4) is 5.82 Å². The first kappa shape index (κ1) is 23.9. The zero-order valence-electron chi connectivity index (χ0n) is 18.5. The van der Waals surface area contributed by atoms with Gasteiger partial charge in [-0.15, -0.1) is 0 Å². The lowest BCUT2D eigenvalue weighted by Gasteiger charge is -2.11. The third kappa shape index (κ3) is 4.98. The Morgan fingerprint density at radius 3 is 2.43 bits per heavy atom. The van der Waals surface area contributed by atoms with Crippen LogP contribution in [0.4, 0.5) is 29.3 Å². The van der Waals surface area contributed by atoms with Crippen LogP contribution >= 0.6 is 11.6 Å². The quantitative estimate of drug-likeness (QED) is 0.286. The van der Waals surface area contributed by atoms with Gasteiger partial charge in [-0.2, -0.15) is 0 Å².